The normalized spacial score (nSPS) is 13.5. The second-order valence-electron chi connectivity index (χ2n) is 9.06. The van der Waals surface area contributed by atoms with Gasteiger partial charge in [-0.2, -0.15) is 0 Å². The van der Waals surface area contributed by atoms with Gasteiger partial charge in [0.1, 0.15) is 5.75 Å². The Balaban J connectivity index is 1.57. The van der Waals surface area contributed by atoms with Gasteiger partial charge < -0.3 is 15.0 Å². The second kappa shape index (κ2) is 10.9. The molecule has 0 saturated carbocycles. The van der Waals surface area contributed by atoms with Crippen LogP contribution in [0.1, 0.15) is 40.1 Å². The van der Waals surface area contributed by atoms with E-state index in [4.69, 9.17) is 32.9 Å². The van der Waals surface area contributed by atoms with Gasteiger partial charge in [0.2, 0.25) is 5.95 Å². The molecule has 0 unspecified atom stereocenters. The van der Waals surface area contributed by atoms with Gasteiger partial charge in [0.15, 0.2) is 0 Å². The molecule has 5 rings (SSSR count). The Labute approximate surface area is 230 Å². The van der Waals surface area contributed by atoms with Crippen molar-refractivity contribution in [2.24, 2.45) is 0 Å². The predicted molar refractivity (Wildman–Crippen MR) is 150 cm³/mol. The van der Waals surface area contributed by atoms with Crippen LogP contribution < -0.4 is 15.6 Å². The molecule has 1 atom stereocenters. The molecule has 3 aromatic carbocycles. The van der Waals surface area contributed by atoms with Crippen LogP contribution in [0.25, 0.3) is 5.69 Å². The van der Waals surface area contributed by atoms with Crippen LogP contribution in [0.4, 0.5) is 5.95 Å². The summed E-state index contributed by atoms with van der Waals surface area (Å²) in [6.07, 6.45) is 0.373. The predicted octanol–water partition coefficient (Wildman–Crippen LogP) is 5.92. The number of amides is 1. The number of hydrogen-bond donors (Lipinski definition) is 1. The summed E-state index contributed by atoms with van der Waals surface area (Å²) in [4.78, 5) is 33.8. The fourth-order valence-corrected chi connectivity index (χ4v) is 4.93. The van der Waals surface area contributed by atoms with E-state index in [2.05, 4.69) is 5.32 Å². The summed E-state index contributed by atoms with van der Waals surface area (Å²) in [5.41, 5.74) is 3.01. The third-order valence-electron chi connectivity index (χ3n) is 6.66. The highest BCUT2D eigenvalue weighted by Gasteiger charge is 2.28. The summed E-state index contributed by atoms with van der Waals surface area (Å²) in [6, 6.07) is 21.9. The van der Waals surface area contributed by atoms with Crippen LogP contribution in [-0.4, -0.2) is 34.0 Å². The molecule has 1 N–H and O–H groups in total. The van der Waals surface area contributed by atoms with Gasteiger partial charge in [-0.1, -0.05) is 65.7 Å². The van der Waals surface area contributed by atoms with Gasteiger partial charge in [0.25, 0.3) is 11.5 Å². The summed E-state index contributed by atoms with van der Waals surface area (Å²) >= 11 is 12.2. The first-order chi connectivity index (χ1) is 18.4. The first kappa shape index (κ1) is 25.8. The van der Waals surface area contributed by atoms with Crippen LogP contribution in [0.3, 0.4) is 0 Å². The van der Waals surface area contributed by atoms with Crippen molar-refractivity contribution in [3.63, 3.8) is 0 Å². The topological polar surface area (TPSA) is 76.5 Å². The third-order valence-corrected chi connectivity index (χ3v) is 7.40. The molecule has 7 nitrogen and oxygen atoms in total. The van der Waals surface area contributed by atoms with E-state index >= 15 is 0 Å². The molecule has 0 bridgehead atoms. The average Bonchev–Trinajstić information content (AvgIpc) is 2.94. The highest BCUT2D eigenvalue weighted by molar-refractivity contribution is 6.42. The van der Waals surface area contributed by atoms with Gasteiger partial charge in [-0.3, -0.25) is 9.59 Å². The molecule has 2 heterocycles. The quantitative estimate of drug-likeness (QED) is 0.323. The van der Waals surface area contributed by atoms with Crippen molar-refractivity contribution in [3.05, 3.63) is 116 Å². The molecular formula is C29H26Cl2N4O3. The number of methoxy groups -OCH3 is 1. The van der Waals surface area contributed by atoms with E-state index in [-0.39, 0.29) is 24.1 Å². The van der Waals surface area contributed by atoms with E-state index in [0.717, 1.165) is 5.56 Å². The molecule has 38 heavy (non-hydrogen) atoms. The molecular weight excluding hydrogens is 523 g/mol. The SMILES string of the molecule is COc1ccccc1-n1c(N[C@@H](C)c2ccccc2)nc2c(c1=O)CCN(C(=O)c1ccc(Cl)c(Cl)c1)C2. The molecule has 1 amide bonds. The second-order valence-corrected chi connectivity index (χ2v) is 9.87. The molecule has 1 aliphatic rings. The lowest BCUT2D eigenvalue weighted by Gasteiger charge is -2.30. The number of carbonyl (C=O) groups excluding carboxylic acids is 1. The molecule has 194 valence electrons. The fourth-order valence-electron chi connectivity index (χ4n) is 4.63. The number of ether oxygens (including phenoxy) is 1. The van der Waals surface area contributed by atoms with Crippen molar-refractivity contribution < 1.29 is 9.53 Å². The van der Waals surface area contributed by atoms with Crippen molar-refractivity contribution in [1.29, 1.82) is 0 Å². The Kier molecular flexibility index (Phi) is 7.40. The van der Waals surface area contributed by atoms with Crippen LogP contribution >= 0.6 is 23.2 Å². The number of hydrogen-bond acceptors (Lipinski definition) is 5. The van der Waals surface area contributed by atoms with E-state index in [0.29, 0.717) is 57.2 Å². The zero-order valence-corrected chi connectivity index (χ0v) is 22.5. The molecule has 0 spiro atoms. The number of para-hydroxylation sites is 2. The number of carbonyl (C=O) groups is 1. The standard InChI is InChI=1S/C29H26Cl2N4O3/c1-18(19-8-4-3-5-9-19)32-29-33-24-17-34(27(36)20-12-13-22(30)23(31)16-20)15-14-21(24)28(37)35(29)25-10-6-7-11-26(25)38-2/h3-13,16,18H,14-15,17H2,1-2H3,(H,32,33)/t18-/m0/s1. The maximum atomic E-state index is 13.9. The third kappa shape index (κ3) is 4.99. The number of nitrogens with zero attached hydrogens (tertiary/aromatic N) is 3. The number of halogens is 2. The average molecular weight is 549 g/mol. The van der Waals surface area contributed by atoms with E-state index in [1.54, 1.807) is 34.8 Å². The minimum atomic E-state index is -0.197. The van der Waals surface area contributed by atoms with Crippen molar-refractivity contribution in [1.82, 2.24) is 14.5 Å². The Morgan fingerprint density at radius 2 is 1.76 bits per heavy atom. The zero-order valence-electron chi connectivity index (χ0n) is 20.9. The molecule has 0 saturated heterocycles. The lowest BCUT2D eigenvalue weighted by atomic mass is 10.0. The van der Waals surface area contributed by atoms with Crippen LogP contribution in [0.2, 0.25) is 10.0 Å². The van der Waals surface area contributed by atoms with Crippen LogP contribution in [0.15, 0.2) is 77.6 Å². The highest BCUT2D eigenvalue weighted by Crippen LogP contribution is 2.29. The van der Waals surface area contributed by atoms with E-state index in [1.165, 1.54) is 0 Å². The first-order valence-electron chi connectivity index (χ1n) is 12.2. The highest BCUT2D eigenvalue weighted by atomic mass is 35.5. The number of anilines is 1. The molecule has 1 aromatic heterocycles. The monoisotopic (exact) mass is 548 g/mol. The number of nitrogens with one attached hydrogen (secondary N) is 1. The number of fused-ring (bicyclic) bond motifs is 1. The molecule has 1 aliphatic heterocycles. The van der Waals surface area contributed by atoms with E-state index < -0.39 is 0 Å². The first-order valence-corrected chi connectivity index (χ1v) is 13.0. The fraction of sp³-hybridized carbons (Fsp3) is 0.207. The lowest BCUT2D eigenvalue weighted by Crippen LogP contribution is -2.41. The van der Waals surface area contributed by atoms with Crippen molar-refractivity contribution in [2.75, 3.05) is 19.0 Å². The Hall–Kier alpha value is -3.81. The Morgan fingerprint density at radius 1 is 1.03 bits per heavy atom. The van der Waals surface area contributed by atoms with Gasteiger partial charge in [0.05, 0.1) is 41.1 Å². The molecule has 9 heteroatoms. The largest absolute Gasteiger partial charge is 0.495 e. The molecule has 0 radical (unpaired) electrons. The van der Waals surface area contributed by atoms with Gasteiger partial charge in [-0.25, -0.2) is 9.55 Å². The summed E-state index contributed by atoms with van der Waals surface area (Å²) < 4.78 is 7.13. The zero-order chi connectivity index (χ0) is 26.8. The maximum Gasteiger partial charge on any atom is 0.263 e. The molecule has 0 fully saturated rings. The minimum Gasteiger partial charge on any atom is -0.495 e. The van der Waals surface area contributed by atoms with Gasteiger partial charge in [-0.05, 0) is 49.2 Å². The van der Waals surface area contributed by atoms with Crippen LogP contribution in [0.5, 0.6) is 5.75 Å². The van der Waals surface area contributed by atoms with Crippen LogP contribution in [-0.2, 0) is 13.0 Å². The minimum absolute atomic E-state index is 0.139. The van der Waals surface area contributed by atoms with E-state index in [1.807, 2.05) is 61.5 Å². The molecule has 4 aromatic rings. The summed E-state index contributed by atoms with van der Waals surface area (Å²) in [5.74, 6) is 0.731. The van der Waals surface area contributed by atoms with Gasteiger partial charge in [0, 0.05) is 17.7 Å². The van der Waals surface area contributed by atoms with Crippen molar-refractivity contribution >= 4 is 35.1 Å². The van der Waals surface area contributed by atoms with Crippen molar-refractivity contribution in [2.45, 2.75) is 25.9 Å². The van der Waals surface area contributed by atoms with Crippen LogP contribution in [0, 0.1) is 0 Å². The molecule has 0 aliphatic carbocycles. The smallest absolute Gasteiger partial charge is 0.263 e. The Morgan fingerprint density at radius 3 is 2.50 bits per heavy atom. The van der Waals surface area contributed by atoms with Crippen molar-refractivity contribution in [3.8, 4) is 11.4 Å². The lowest BCUT2D eigenvalue weighted by molar-refractivity contribution is 0.0731. The van der Waals surface area contributed by atoms with Gasteiger partial charge in [-0.15, -0.1) is 0 Å². The maximum absolute atomic E-state index is 13.9. The van der Waals surface area contributed by atoms with E-state index in [9.17, 15) is 9.59 Å². The Bertz CT molecular complexity index is 1560. The number of aromatic nitrogens is 2. The summed E-state index contributed by atoms with van der Waals surface area (Å²) in [6.45, 7) is 2.58. The number of benzene rings is 3. The number of rotatable bonds is 6. The van der Waals surface area contributed by atoms with Gasteiger partial charge >= 0.3 is 0 Å². The summed E-state index contributed by atoms with van der Waals surface area (Å²) in [7, 11) is 1.57. The summed E-state index contributed by atoms with van der Waals surface area (Å²) in [5, 5.41) is 4.12.